The van der Waals surface area contributed by atoms with Crippen LogP contribution in [0.2, 0.25) is 0 Å². The fourth-order valence-electron chi connectivity index (χ4n) is 3.09. The largest absolute Gasteiger partial charge is 0.508 e. The second-order valence-electron chi connectivity index (χ2n) is 8.54. The molecule has 0 aliphatic carbocycles. The van der Waals surface area contributed by atoms with Gasteiger partial charge in [-0.05, 0) is 51.6 Å². The molecular weight excluding hydrogens is 292 g/mol. The molecule has 0 unspecified atom stereocenters. The molecule has 0 aliphatic rings. The Hall–Kier alpha value is -2.02. The van der Waals surface area contributed by atoms with E-state index >= 15 is 0 Å². The summed E-state index contributed by atoms with van der Waals surface area (Å²) in [4.78, 5) is 0. The fraction of sp³-hybridized carbons (Fsp3) is 0.391. The molecule has 128 valence electrons. The van der Waals surface area contributed by atoms with Gasteiger partial charge in [0.15, 0.2) is 0 Å². The molecule has 0 fully saturated rings. The van der Waals surface area contributed by atoms with Crippen molar-refractivity contribution in [1.29, 1.82) is 0 Å². The summed E-state index contributed by atoms with van der Waals surface area (Å²) in [6, 6.07) is 14.2. The molecule has 24 heavy (non-hydrogen) atoms. The zero-order valence-corrected chi connectivity index (χ0v) is 15.9. The number of hydrogen-bond donors (Lipinski definition) is 1. The maximum atomic E-state index is 10.2. The molecule has 0 radical (unpaired) electrons. The molecule has 0 saturated heterocycles. The van der Waals surface area contributed by atoms with Crippen molar-refractivity contribution < 1.29 is 5.11 Å². The van der Waals surface area contributed by atoms with Crippen LogP contribution >= 0.6 is 0 Å². The third kappa shape index (κ3) is 4.50. The van der Waals surface area contributed by atoms with Crippen LogP contribution in [0.1, 0.15) is 63.8 Å². The van der Waals surface area contributed by atoms with Crippen LogP contribution in [0.25, 0.3) is 6.08 Å². The first kappa shape index (κ1) is 18.3. The second-order valence-corrected chi connectivity index (χ2v) is 8.54. The van der Waals surface area contributed by atoms with Gasteiger partial charge in [-0.25, -0.2) is 0 Å². The van der Waals surface area contributed by atoms with Gasteiger partial charge in [0.25, 0.3) is 0 Å². The van der Waals surface area contributed by atoms with Crippen LogP contribution in [-0.2, 0) is 17.3 Å². The van der Waals surface area contributed by atoms with E-state index < -0.39 is 0 Å². The van der Waals surface area contributed by atoms with Gasteiger partial charge >= 0.3 is 0 Å². The summed E-state index contributed by atoms with van der Waals surface area (Å²) in [6.07, 6.45) is 5.27. The summed E-state index contributed by atoms with van der Waals surface area (Å²) in [7, 11) is 0. The highest BCUT2D eigenvalue weighted by atomic mass is 16.3. The van der Waals surface area contributed by atoms with E-state index in [2.05, 4.69) is 78.0 Å². The van der Waals surface area contributed by atoms with Crippen molar-refractivity contribution in [1.82, 2.24) is 0 Å². The van der Waals surface area contributed by atoms with Crippen LogP contribution in [-0.4, -0.2) is 5.11 Å². The van der Waals surface area contributed by atoms with Gasteiger partial charge in [-0.15, -0.1) is 0 Å². The molecule has 0 spiro atoms. The maximum absolute atomic E-state index is 10.2. The van der Waals surface area contributed by atoms with E-state index in [1.165, 1.54) is 22.3 Å². The highest BCUT2D eigenvalue weighted by Gasteiger charge is 2.25. The van der Waals surface area contributed by atoms with Crippen molar-refractivity contribution in [2.24, 2.45) is 0 Å². The zero-order valence-electron chi connectivity index (χ0n) is 15.9. The lowest BCUT2D eigenvalue weighted by atomic mass is 9.75. The molecule has 2 aromatic rings. The molecule has 0 amide bonds. The Balaban J connectivity index is 2.48. The molecule has 2 aromatic carbocycles. The van der Waals surface area contributed by atoms with Gasteiger partial charge in [-0.2, -0.15) is 0 Å². The van der Waals surface area contributed by atoms with Crippen molar-refractivity contribution in [3.8, 4) is 5.75 Å². The van der Waals surface area contributed by atoms with E-state index in [9.17, 15) is 5.11 Å². The van der Waals surface area contributed by atoms with E-state index in [1.807, 2.05) is 18.2 Å². The minimum atomic E-state index is -0.00530. The average molecular weight is 322 g/mol. The first-order valence-electron chi connectivity index (χ1n) is 8.67. The molecule has 0 aliphatic heterocycles. The third-order valence-electron chi connectivity index (χ3n) is 4.28. The first-order chi connectivity index (χ1) is 11.1. The lowest BCUT2D eigenvalue weighted by Crippen LogP contribution is -2.20. The molecule has 0 heterocycles. The Bertz CT molecular complexity index is 675. The molecule has 2 rings (SSSR count). The summed E-state index contributed by atoms with van der Waals surface area (Å²) >= 11 is 0. The molecule has 0 bridgehead atoms. The highest BCUT2D eigenvalue weighted by molar-refractivity contribution is 5.53. The van der Waals surface area contributed by atoms with Crippen molar-refractivity contribution >= 4 is 6.08 Å². The average Bonchev–Trinajstić information content (AvgIpc) is 2.47. The quantitative estimate of drug-likeness (QED) is 0.709. The topological polar surface area (TPSA) is 20.2 Å². The smallest absolute Gasteiger partial charge is 0.116 e. The van der Waals surface area contributed by atoms with Gasteiger partial charge in [0.2, 0.25) is 0 Å². The summed E-state index contributed by atoms with van der Waals surface area (Å²) < 4.78 is 0. The van der Waals surface area contributed by atoms with Crippen molar-refractivity contribution in [3.63, 3.8) is 0 Å². The van der Waals surface area contributed by atoms with Gasteiger partial charge in [-0.1, -0.05) is 84.0 Å². The predicted octanol–water partition coefficient (Wildman–Crippen LogP) is 6.24. The Morgan fingerprint density at radius 2 is 1.33 bits per heavy atom. The Labute approximate surface area is 147 Å². The molecule has 1 heteroatoms. The number of phenolic OH excluding ortho intramolecular Hbond substituents is 1. The van der Waals surface area contributed by atoms with E-state index in [-0.39, 0.29) is 10.8 Å². The zero-order chi connectivity index (χ0) is 18.0. The normalized spacial score (nSPS) is 12.8. The number of phenols is 1. The third-order valence-corrected chi connectivity index (χ3v) is 4.28. The molecule has 0 saturated carbocycles. The van der Waals surface area contributed by atoms with Gasteiger partial charge < -0.3 is 5.11 Å². The Kier molecular flexibility index (Phi) is 5.22. The van der Waals surface area contributed by atoms with Crippen LogP contribution in [0, 0.1) is 0 Å². The lowest BCUT2D eigenvalue weighted by Gasteiger charge is -2.30. The van der Waals surface area contributed by atoms with E-state index in [4.69, 9.17) is 0 Å². The molecule has 1 N–H and O–H groups in total. The standard InChI is InChI=1S/C23H30O/c1-22(2,3)20-15-18(24)16-21(23(4,5)6)19(20)14-10-13-17-11-8-7-9-12-17/h7-13,15-16,24H,14H2,1-6H3. The summed E-state index contributed by atoms with van der Waals surface area (Å²) in [6.45, 7) is 13.2. The number of aromatic hydroxyl groups is 1. The number of rotatable bonds is 3. The molecule has 0 atom stereocenters. The monoisotopic (exact) mass is 322 g/mol. The predicted molar refractivity (Wildman–Crippen MR) is 105 cm³/mol. The molecule has 0 aromatic heterocycles. The summed E-state index contributed by atoms with van der Waals surface area (Å²) in [5.41, 5.74) is 4.99. The van der Waals surface area contributed by atoms with Crippen LogP contribution in [0.3, 0.4) is 0 Å². The van der Waals surface area contributed by atoms with Gasteiger partial charge in [0.05, 0.1) is 0 Å². The SMILES string of the molecule is CC(C)(C)c1cc(O)cc(C(C)(C)C)c1CC=Cc1ccccc1. The molecule has 1 nitrogen and oxygen atoms in total. The van der Waals surface area contributed by atoms with Crippen molar-refractivity contribution in [2.75, 3.05) is 0 Å². The van der Waals surface area contributed by atoms with Crippen molar-refractivity contribution in [3.05, 3.63) is 70.8 Å². The highest BCUT2D eigenvalue weighted by Crippen LogP contribution is 2.37. The van der Waals surface area contributed by atoms with Crippen LogP contribution in [0.5, 0.6) is 5.75 Å². The van der Waals surface area contributed by atoms with Gasteiger partial charge in [0.1, 0.15) is 5.75 Å². The maximum Gasteiger partial charge on any atom is 0.116 e. The van der Waals surface area contributed by atoms with Crippen molar-refractivity contribution in [2.45, 2.75) is 58.8 Å². The van der Waals surface area contributed by atoms with E-state index in [1.54, 1.807) is 0 Å². The first-order valence-corrected chi connectivity index (χ1v) is 8.67. The number of allylic oxidation sites excluding steroid dienone is 1. The Morgan fingerprint density at radius 1 is 0.833 bits per heavy atom. The van der Waals surface area contributed by atoms with Gasteiger partial charge in [0, 0.05) is 0 Å². The minimum absolute atomic E-state index is 0.00530. The van der Waals surface area contributed by atoms with E-state index in [0.717, 1.165) is 6.42 Å². The van der Waals surface area contributed by atoms with Gasteiger partial charge in [-0.3, -0.25) is 0 Å². The summed E-state index contributed by atoms with van der Waals surface area (Å²) in [5, 5.41) is 10.2. The fourth-order valence-corrected chi connectivity index (χ4v) is 3.09. The van der Waals surface area contributed by atoms with Crippen LogP contribution in [0.4, 0.5) is 0 Å². The van der Waals surface area contributed by atoms with Crippen LogP contribution in [0.15, 0.2) is 48.5 Å². The minimum Gasteiger partial charge on any atom is -0.508 e. The Morgan fingerprint density at radius 3 is 1.79 bits per heavy atom. The second kappa shape index (κ2) is 6.84. The summed E-state index contributed by atoms with van der Waals surface area (Å²) in [5.74, 6) is 0.362. The molecular formula is C23H30O. The number of benzene rings is 2. The van der Waals surface area contributed by atoms with E-state index in [0.29, 0.717) is 5.75 Å². The number of hydrogen-bond acceptors (Lipinski definition) is 1. The van der Waals surface area contributed by atoms with Crippen LogP contribution < -0.4 is 0 Å². The lowest BCUT2D eigenvalue weighted by molar-refractivity contribution is 0.464.